The van der Waals surface area contributed by atoms with E-state index in [2.05, 4.69) is 61.8 Å². The summed E-state index contributed by atoms with van der Waals surface area (Å²) in [5.41, 5.74) is 4.77. The van der Waals surface area contributed by atoms with E-state index in [1.165, 1.54) is 25.0 Å². The Balaban J connectivity index is 1.33. The number of rotatable bonds is 8. The van der Waals surface area contributed by atoms with Crippen molar-refractivity contribution in [2.75, 3.05) is 19.6 Å². The lowest BCUT2D eigenvalue weighted by Crippen LogP contribution is -2.79. The summed E-state index contributed by atoms with van der Waals surface area (Å²) in [4.78, 5) is 44.2. The molecule has 0 N–H and O–H groups in total. The molecule has 1 amide bonds. The fourth-order valence-corrected chi connectivity index (χ4v) is 9.55. The van der Waals surface area contributed by atoms with Crippen LogP contribution in [0.4, 0.5) is 0 Å². The Morgan fingerprint density at radius 3 is 2.49 bits per heavy atom. The van der Waals surface area contributed by atoms with Crippen LogP contribution in [0, 0.1) is 31.6 Å². The zero-order valence-corrected chi connectivity index (χ0v) is 30.6. The Morgan fingerprint density at radius 2 is 1.78 bits per heavy atom. The van der Waals surface area contributed by atoms with Crippen molar-refractivity contribution in [2.45, 2.75) is 103 Å². The molecule has 2 aliphatic carbocycles. The number of carbonyl (C=O) groups is 3. The van der Waals surface area contributed by atoms with Crippen molar-refractivity contribution in [2.24, 2.45) is 5.92 Å². The number of esters is 2. The maximum Gasteiger partial charge on any atom is 0.308 e. The summed E-state index contributed by atoms with van der Waals surface area (Å²) in [7, 11) is 0. The van der Waals surface area contributed by atoms with Gasteiger partial charge in [0, 0.05) is 44.0 Å². The largest absolute Gasteiger partial charge is 0.483 e. The second-order valence-corrected chi connectivity index (χ2v) is 15.3. The number of aryl methyl sites for hydroxylation is 2. The minimum absolute atomic E-state index is 0.0947. The number of piperidine rings is 1. The molecule has 2 fully saturated rings. The van der Waals surface area contributed by atoms with Crippen LogP contribution in [0.1, 0.15) is 80.3 Å². The molecule has 5 atom stereocenters. The van der Waals surface area contributed by atoms with Gasteiger partial charge in [0.05, 0.1) is 17.5 Å². The minimum Gasteiger partial charge on any atom is -0.483 e. The third kappa shape index (κ3) is 6.00. The predicted octanol–water partition coefficient (Wildman–Crippen LogP) is 6.10. The van der Waals surface area contributed by atoms with Gasteiger partial charge in [0.15, 0.2) is 11.5 Å². The summed E-state index contributed by atoms with van der Waals surface area (Å²) in [5.74, 6) is 6.16. The van der Waals surface area contributed by atoms with Gasteiger partial charge in [-0.15, -0.1) is 0 Å². The second-order valence-electron chi connectivity index (χ2n) is 15.3. The van der Waals surface area contributed by atoms with Crippen molar-refractivity contribution >= 4 is 17.8 Å². The summed E-state index contributed by atoms with van der Waals surface area (Å²) in [6.45, 7) is 13.3. The molecule has 1 saturated carbocycles. The van der Waals surface area contributed by atoms with E-state index >= 15 is 0 Å². The highest BCUT2D eigenvalue weighted by Crippen LogP contribution is 2.67. The molecule has 1 spiro atoms. The Labute approximate surface area is 301 Å². The standard InChI is InChI=1S/C43H48N2O6/c1-27(2)26-45(38(48)17-14-33-13-12-28(3)29(4)24-33)35-18-20-43(51-31(6)47)37-25-34-15-16-36(49-30(5)46)40-39(34)42(43,41(35)50-40)21-23-44(37)22-19-32-10-8-7-9-11-32/h7-13,15-16,24,27,35,37,41H,18-23,25-26H2,1-6H3/t35-,37+,41-,42-,43+/m0/s1. The van der Waals surface area contributed by atoms with Crippen molar-refractivity contribution in [3.63, 3.8) is 0 Å². The fourth-order valence-electron chi connectivity index (χ4n) is 9.55. The highest BCUT2D eigenvalue weighted by molar-refractivity contribution is 5.94. The number of likely N-dealkylation sites (tertiary alicyclic amines) is 1. The summed E-state index contributed by atoms with van der Waals surface area (Å²) in [5, 5.41) is 0. The number of hydrogen-bond acceptors (Lipinski definition) is 7. The molecular weight excluding hydrogens is 640 g/mol. The minimum atomic E-state index is -0.903. The van der Waals surface area contributed by atoms with Crippen molar-refractivity contribution < 1.29 is 28.6 Å². The molecule has 0 unspecified atom stereocenters. The number of benzene rings is 3. The van der Waals surface area contributed by atoms with E-state index in [0.717, 1.165) is 41.8 Å². The molecule has 2 bridgehead atoms. The first-order valence-electron chi connectivity index (χ1n) is 18.3. The van der Waals surface area contributed by atoms with Crippen LogP contribution in [-0.4, -0.2) is 71.1 Å². The van der Waals surface area contributed by atoms with E-state index in [-0.39, 0.29) is 29.9 Å². The number of hydrogen-bond donors (Lipinski definition) is 0. The van der Waals surface area contributed by atoms with E-state index in [1.807, 2.05) is 48.2 Å². The Hall–Kier alpha value is -4.61. The van der Waals surface area contributed by atoms with Gasteiger partial charge in [-0.05, 0) is 98.9 Å². The molecule has 7 rings (SSSR count). The second kappa shape index (κ2) is 13.5. The van der Waals surface area contributed by atoms with Crippen LogP contribution in [0.15, 0.2) is 60.7 Å². The van der Waals surface area contributed by atoms with Crippen LogP contribution >= 0.6 is 0 Å². The molecule has 51 heavy (non-hydrogen) atoms. The summed E-state index contributed by atoms with van der Waals surface area (Å²) in [6, 6.07) is 19.9. The van der Waals surface area contributed by atoms with Gasteiger partial charge in [0.2, 0.25) is 0 Å². The first kappa shape index (κ1) is 34.8. The normalized spacial score (nSPS) is 25.6. The Bertz CT molecular complexity index is 1930. The van der Waals surface area contributed by atoms with Gasteiger partial charge < -0.3 is 19.1 Å². The maximum absolute atomic E-state index is 14.3. The molecule has 266 valence electrons. The van der Waals surface area contributed by atoms with E-state index < -0.39 is 23.1 Å². The first-order valence-corrected chi connectivity index (χ1v) is 18.3. The Morgan fingerprint density at radius 1 is 1.00 bits per heavy atom. The zero-order chi connectivity index (χ0) is 36.1. The van der Waals surface area contributed by atoms with Gasteiger partial charge in [-0.3, -0.25) is 19.3 Å². The molecule has 3 aromatic rings. The van der Waals surface area contributed by atoms with E-state index in [0.29, 0.717) is 43.7 Å². The maximum atomic E-state index is 14.3. The van der Waals surface area contributed by atoms with Crippen LogP contribution in [0.25, 0.3) is 0 Å². The van der Waals surface area contributed by atoms with Crippen LogP contribution < -0.4 is 9.47 Å². The molecule has 0 radical (unpaired) electrons. The highest BCUT2D eigenvalue weighted by Gasteiger charge is 2.75. The molecular formula is C43H48N2O6. The third-order valence-corrected chi connectivity index (χ3v) is 11.6. The average Bonchev–Trinajstić information content (AvgIpc) is 3.44. The quantitative estimate of drug-likeness (QED) is 0.161. The lowest BCUT2D eigenvalue weighted by Gasteiger charge is -2.65. The molecule has 2 aliphatic heterocycles. The number of carbonyl (C=O) groups excluding carboxylic acids is 3. The fraction of sp³-hybridized carbons (Fsp3) is 0.465. The van der Waals surface area contributed by atoms with Crippen LogP contribution in [0.3, 0.4) is 0 Å². The third-order valence-electron chi connectivity index (χ3n) is 11.6. The molecule has 1 saturated heterocycles. The van der Waals surface area contributed by atoms with Crippen LogP contribution in [0.2, 0.25) is 0 Å². The van der Waals surface area contributed by atoms with Crippen molar-refractivity contribution in [1.82, 2.24) is 9.80 Å². The average molecular weight is 689 g/mol. The molecule has 8 heteroatoms. The molecule has 3 aromatic carbocycles. The number of ether oxygens (including phenoxy) is 3. The number of nitrogens with zero attached hydrogens (tertiary/aromatic N) is 2. The van der Waals surface area contributed by atoms with Crippen LogP contribution in [-0.2, 0) is 37.4 Å². The summed E-state index contributed by atoms with van der Waals surface area (Å²) >= 11 is 0. The molecule has 2 heterocycles. The van der Waals surface area contributed by atoms with Gasteiger partial charge >= 0.3 is 11.9 Å². The number of amides is 1. The van der Waals surface area contributed by atoms with Gasteiger partial charge in [-0.1, -0.05) is 62.2 Å². The smallest absolute Gasteiger partial charge is 0.308 e. The van der Waals surface area contributed by atoms with E-state index in [9.17, 15) is 14.4 Å². The van der Waals surface area contributed by atoms with Gasteiger partial charge in [-0.2, -0.15) is 0 Å². The molecule has 0 aromatic heterocycles. The monoisotopic (exact) mass is 688 g/mol. The molecule has 8 nitrogen and oxygen atoms in total. The van der Waals surface area contributed by atoms with Gasteiger partial charge in [0.1, 0.15) is 11.7 Å². The summed E-state index contributed by atoms with van der Waals surface area (Å²) in [6.07, 6.45) is 2.80. The van der Waals surface area contributed by atoms with Crippen molar-refractivity contribution in [1.29, 1.82) is 0 Å². The summed E-state index contributed by atoms with van der Waals surface area (Å²) < 4.78 is 19.5. The van der Waals surface area contributed by atoms with Crippen LogP contribution in [0.5, 0.6) is 11.5 Å². The SMILES string of the molecule is CC(=O)Oc1ccc2c3c1O[C@H]1[C@@H](N(CC(C)C)C(=O)C#Cc4ccc(C)c(C)c4)CC[C@@]4(OC(C)=O)[C@@H](C2)N(CCc2ccccc2)CC[C@]314. The van der Waals surface area contributed by atoms with Gasteiger partial charge in [0.25, 0.3) is 5.91 Å². The molecule has 4 aliphatic rings. The van der Waals surface area contributed by atoms with Crippen molar-refractivity contribution in [3.8, 4) is 23.3 Å². The van der Waals surface area contributed by atoms with Gasteiger partial charge in [-0.25, -0.2) is 0 Å². The predicted molar refractivity (Wildman–Crippen MR) is 195 cm³/mol. The van der Waals surface area contributed by atoms with Crippen molar-refractivity contribution in [3.05, 3.63) is 94.0 Å². The lowest BCUT2D eigenvalue weighted by molar-refractivity contribution is -0.224. The zero-order valence-electron chi connectivity index (χ0n) is 30.6. The lowest BCUT2D eigenvalue weighted by atomic mass is 9.48. The first-order chi connectivity index (χ1) is 24.4. The van der Waals surface area contributed by atoms with E-state index in [1.54, 1.807) is 0 Å². The topological polar surface area (TPSA) is 85.4 Å². The van der Waals surface area contributed by atoms with E-state index in [4.69, 9.17) is 14.2 Å². The Kier molecular flexibility index (Phi) is 9.22. The highest BCUT2D eigenvalue weighted by atomic mass is 16.6.